The predicted octanol–water partition coefficient (Wildman–Crippen LogP) is 3.86. The number of hydrogen-bond acceptors (Lipinski definition) is 4. The number of H-pyrrole nitrogens is 1. The first-order chi connectivity index (χ1) is 16.1. The zero-order valence-electron chi connectivity index (χ0n) is 18.5. The first-order valence-corrected chi connectivity index (χ1v) is 11.9. The van der Waals surface area contributed by atoms with Gasteiger partial charge < -0.3 is 9.80 Å². The summed E-state index contributed by atoms with van der Waals surface area (Å²) in [7, 11) is 0. The number of para-hydroxylation sites is 1. The minimum absolute atomic E-state index is 0.0483. The number of nitrogens with zero attached hydrogens (tertiary/aromatic N) is 3. The van der Waals surface area contributed by atoms with E-state index in [9.17, 15) is 9.59 Å². The van der Waals surface area contributed by atoms with Gasteiger partial charge in [0.25, 0.3) is 11.5 Å². The number of nitrogens with one attached hydrogen (secondary N) is 1. The Morgan fingerprint density at radius 2 is 1.73 bits per heavy atom. The molecule has 1 fully saturated rings. The molecule has 1 aliphatic heterocycles. The molecule has 1 aromatic heterocycles. The monoisotopic (exact) mass is 462 g/mol. The number of hydrogen-bond donors (Lipinski definition) is 1. The molecular formula is C26H27ClN4O2. The summed E-state index contributed by atoms with van der Waals surface area (Å²) in [5, 5.41) is 7.75. The Kier molecular flexibility index (Phi) is 6.18. The van der Waals surface area contributed by atoms with E-state index >= 15 is 0 Å². The predicted molar refractivity (Wildman–Crippen MR) is 130 cm³/mol. The van der Waals surface area contributed by atoms with Crippen LogP contribution in [0.5, 0.6) is 0 Å². The number of anilines is 1. The van der Waals surface area contributed by atoms with E-state index in [-0.39, 0.29) is 11.5 Å². The molecule has 0 radical (unpaired) electrons. The van der Waals surface area contributed by atoms with Crippen LogP contribution in [0.3, 0.4) is 0 Å². The molecule has 33 heavy (non-hydrogen) atoms. The Labute approximate surface area is 198 Å². The van der Waals surface area contributed by atoms with Crippen molar-refractivity contribution in [2.75, 3.05) is 31.1 Å². The topological polar surface area (TPSA) is 69.3 Å². The van der Waals surface area contributed by atoms with Crippen LogP contribution >= 0.6 is 11.6 Å². The lowest BCUT2D eigenvalue weighted by molar-refractivity contribution is 0.0746. The van der Waals surface area contributed by atoms with Crippen molar-refractivity contribution in [2.24, 2.45) is 0 Å². The largest absolute Gasteiger partial charge is 0.367 e. The van der Waals surface area contributed by atoms with Crippen LogP contribution in [0.1, 0.15) is 45.6 Å². The highest BCUT2D eigenvalue weighted by Gasteiger charge is 2.24. The number of fused-ring (bicyclic) bond motifs is 1. The Hall–Kier alpha value is -3.12. The third-order valence-corrected chi connectivity index (χ3v) is 7.01. The van der Waals surface area contributed by atoms with Gasteiger partial charge in [0.15, 0.2) is 0 Å². The van der Waals surface area contributed by atoms with Crippen molar-refractivity contribution in [3.63, 3.8) is 0 Å². The lowest BCUT2D eigenvalue weighted by Crippen LogP contribution is -2.48. The van der Waals surface area contributed by atoms with E-state index in [1.54, 1.807) is 0 Å². The lowest BCUT2D eigenvalue weighted by Gasteiger charge is -2.36. The zero-order chi connectivity index (χ0) is 22.8. The van der Waals surface area contributed by atoms with E-state index in [1.807, 2.05) is 53.4 Å². The molecule has 1 amide bonds. The Bertz CT molecular complexity index is 1230. The van der Waals surface area contributed by atoms with Crippen molar-refractivity contribution in [1.82, 2.24) is 15.1 Å². The number of amides is 1. The van der Waals surface area contributed by atoms with Gasteiger partial charge in [-0.3, -0.25) is 9.59 Å². The van der Waals surface area contributed by atoms with Gasteiger partial charge in [-0.05, 0) is 61.1 Å². The molecule has 1 N–H and O–H groups in total. The average molecular weight is 463 g/mol. The minimum atomic E-state index is -0.0617. The second-order valence-corrected chi connectivity index (χ2v) is 9.18. The molecule has 2 aromatic carbocycles. The van der Waals surface area contributed by atoms with E-state index in [1.165, 1.54) is 0 Å². The number of rotatable bonds is 4. The fourth-order valence-corrected chi connectivity index (χ4v) is 5.18. The molecule has 1 aliphatic carbocycles. The minimum Gasteiger partial charge on any atom is -0.367 e. The third kappa shape index (κ3) is 4.53. The van der Waals surface area contributed by atoms with Gasteiger partial charge in [-0.25, -0.2) is 5.10 Å². The first-order valence-electron chi connectivity index (χ1n) is 11.6. The zero-order valence-corrected chi connectivity index (χ0v) is 19.3. The molecule has 2 heterocycles. The smallest absolute Gasteiger partial charge is 0.267 e. The molecule has 3 aromatic rings. The van der Waals surface area contributed by atoms with E-state index in [4.69, 9.17) is 11.6 Å². The number of benzene rings is 2. The van der Waals surface area contributed by atoms with Crippen molar-refractivity contribution in [3.8, 4) is 0 Å². The van der Waals surface area contributed by atoms with Crippen molar-refractivity contribution in [1.29, 1.82) is 0 Å². The molecule has 7 heteroatoms. The fraction of sp³-hybridized carbons (Fsp3) is 0.346. The van der Waals surface area contributed by atoms with Crippen LogP contribution in [0.25, 0.3) is 0 Å². The summed E-state index contributed by atoms with van der Waals surface area (Å²) in [5.74, 6) is 0.0483. The summed E-state index contributed by atoms with van der Waals surface area (Å²) < 4.78 is 0. The summed E-state index contributed by atoms with van der Waals surface area (Å²) >= 11 is 6.34. The molecule has 0 atom stereocenters. The highest BCUT2D eigenvalue weighted by atomic mass is 35.5. The van der Waals surface area contributed by atoms with Gasteiger partial charge in [0.1, 0.15) is 0 Å². The maximum absolute atomic E-state index is 13.2. The van der Waals surface area contributed by atoms with E-state index in [0.717, 1.165) is 71.9 Å². The molecule has 0 bridgehead atoms. The van der Waals surface area contributed by atoms with Crippen LogP contribution in [0, 0.1) is 0 Å². The Balaban J connectivity index is 1.29. The normalized spacial score (nSPS) is 15.9. The molecular weight excluding hydrogens is 436 g/mol. The van der Waals surface area contributed by atoms with Gasteiger partial charge in [-0.1, -0.05) is 35.9 Å². The van der Waals surface area contributed by atoms with Gasteiger partial charge in [-0.15, -0.1) is 0 Å². The first kappa shape index (κ1) is 21.7. The highest BCUT2D eigenvalue weighted by Crippen LogP contribution is 2.27. The summed E-state index contributed by atoms with van der Waals surface area (Å²) in [6.45, 7) is 2.82. The fourth-order valence-electron chi connectivity index (χ4n) is 4.92. The maximum Gasteiger partial charge on any atom is 0.267 e. The van der Waals surface area contributed by atoms with Gasteiger partial charge in [0.05, 0.1) is 16.4 Å². The number of carbonyl (C=O) groups excluding carboxylic acids is 1. The molecule has 0 spiro atoms. The number of aromatic nitrogens is 2. The van der Waals surface area contributed by atoms with Crippen LogP contribution < -0.4 is 10.5 Å². The van der Waals surface area contributed by atoms with Crippen LogP contribution in [0.2, 0.25) is 5.02 Å². The van der Waals surface area contributed by atoms with Crippen molar-refractivity contribution >= 4 is 23.2 Å². The molecule has 5 rings (SSSR count). The third-order valence-electron chi connectivity index (χ3n) is 6.69. The number of halogens is 1. The standard InChI is InChI=1S/C26H27ClN4O2/c27-22-10-3-4-11-24(22)30-12-14-31(15-13-30)26(33)19-7-5-6-18(16-19)17-23-20-8-1-2-9-21(20)25(32)29-28-23/h3-7,10-11,16H,1-2,8-9,12-15,17H2,(H,29,32). The molecule has 6 nitrogen and oxygen atoms in total. The van der Waals surface area contributed by atoms with E-state index in [2.05, 4.69) is 15.1 Å². The quantitative estimate of drug-likeness (QED) is 0.639. The highest BCUT2D eigenvalue weighted by molar-refractivity contribution is 6.33. The number of carbonyl (C=O) groups is 1. The Morgan fingerprint density at radius 1 is 0.970 bits per heavy atom. The average Bonchev–Trinajstić information content (AvgIpc) is 2.86. The SMILES string of the molecule is O=C(c1cccc(Cc2n[nH]c(=O)c3c2CCCC3)c1)N1CCN(c2ccccc2Cl)CC1. The van der Waals surface area contributed by atoms with Crippen molar-refractivity contribution < 1.29 is 4.79 Å². The second-order valence-electron chi connectivity index (χ2n) is 8.77. The summed E-state index contributed by atoms with van der Waals surface area (Å²) in [4.78, 5) is 29.5. The second kappa shape index (κ2) is 9.40. The summed E-state index contributed by atoms with van der Waals surface area (Å²) in [6, 6.07) is 15.6. The van der Waals surface area contributed by atoms with Gasteiger partial charge >= 0.3 is 0 Å². The number of piperazine rings is 1. The molecule has 170 valence electrons. The maximum atomic E-state index is 13.2. The van der Waals surface area contributed by atoms with Crippen LogP contribution in [-0.2, 0) is 19.3 Å². The summed E-state index contributed by atoms with van der Waals surface area (Å²) in [5.41, 5.74) is 5.58. The van der Waals surface area contributed by atoms with Crippen LogP contribution in [0.15, 0.2) is 53.3 Å². The van der Waals surface area contributed by atoms with Gasteiger partial charge in [-0.2, -0.15) is 5.10 Å². The Morgan fingerprint density at radius 3 is 2.52 bits per heavy atom. The molecule has 1 saturated heterocycles. The van der Waals surface area contributed by atoms with Crippen molar-refractivity contribution in [2.45, 2.75) is 32.1 Å². The summed E-state index contributed by atoms with van der Waals surface area (Å²) in [6.07, 6.45) is 4.46. The van der Waals surface area contributed by atoms with Gasteiger partial charge in [0.2, 0.25) is 0 Å². The van der Waals surface area contributed by atoms with Crippen LogP contribution in [0.4, 0.5) is 5.69 Å². The van der Waals surface area contributed by atoms with Crippen molar-refractivity contribution in [3.05, 3.63) is 91.9 Å². The molecule has 0 saturated carbocycles. The number of aromatic amines is 1. The van der Waals surface area contributed by atoms with Gasteiger partial charge in [0, 0.05) is 43.7 Å². The molecule has 2 aliphatic rings. The molecule has 0 unspecified atom stereocenters. The van der Waals surface area contributed by atoms with E-state index < -0.39 is 0 Å². The van der Waals surface area contributed by atoms with Crippen LogP contribution in [-0.4, -0.2) is 47.2 Å². The van der Waals surface area contributed by atoms with E-state index in [0.29, 0.717) is 25.1 Å². The lowest BCUT2D eigenvalue weighted by atomic mass is 9.90.